The van der Waals surface area contributed by atoms with E-state index in [4.69, 9.17) is 5.73 Å². The molecule has 0 saturated carbocycles. The number of nitrogen functional groups attached to an aromatic ring is 1. The molecule has 1 heterocycles. The van der Waals surface area contributed by atoms with E-state index < -0.39 is 0 Å². The summed E-state index contributed by atoms with van der Waals surface area (Å²) in [5, 5.41) is 0. The number of hydrogen-bond acceptors (Lipinski definition) is 3. The molecule has 106 valence electrons. The van der Waals surface area contributed by atoms with Gasteiger partial charge in [-0.1, -0.05) is 44.5 Å². The van der Waals surface area contributed by atoms with E-state index in [0.29, 0.717) is 5.82 Å². The smallest absolute Gasteiger partial charge is 0.131 e. The van der Waals surface area contributed by atoms with E-state index in [9.17, 15) is 0 Å². The lowest BCUT2D eigenvalue weighted by atomic mass is 10.0. The van der Waals surface area contributed by atoms with Crippen molar-refractivity contribution in [2.24, 2.45) is 0 Å². The third-order valence-corrected chi connectivity index (χ3v) is 3.47. The summed E-state index contributed by atoms with van der Waals surface area (Å²) in [5.41, 5.74) is 10.4. The fraction of sp³-hybridized carbons (Fsp3) is 0.412. The summed E-state index contributed by atoms with van der Waals surface area (Å²) in [5.74, 6) is 1.43. The zero-order valence-corrected chi connectivity index (χ0v) is 12.6. The van der Waals surface area contributed by atoms with E-state index >= 15 is 0 Å². The molecule has 0 spiro atoms. The molecule has 0 amide bonds. The second kappa shape index (κ2) is 6.51. The van der Waals surface area contributed by atoms with Gasteiger partial charge in [-0.05, 0) is 25.3 Å². The first kappa shape index (κ1) is 14.5. The standard InChI is InChI=1S/C17H23N3/c1-4-6-13-8-10-14(11-9-13)16-12(3)17(18)20-15(19-16)7-5-2/h8-11H,4-7H2,1-3H3,(H2,18,19,20). The highest BCUT2D eigenvalue weighted by Crippen LogP contribution is 2.25. The molecule has 0 atom stereocenters. The molecule has 2 rings (SSSR count). The average molecular weight is 269 g/mol. The van der Waals surface area contributed by atoms with Gasteiger partial charge in [-0.3, -0.25) is 0 Å². The Hall–Kier alpha value is -1.90. The van der Waals surface area contributed by atoms with Gasteiger partial charge in [0.05, 0.1) is 5.69 Å². The first-order valence-corrected chi connectivity index (χ1v) is 7.38. The van der Waals surface area contributed by atoms with Crippen molar-refractivity contribution in [3.63, 3.8) is 0 Å². The molecule has 0 radical (unpaired) electrons. The SMILES string of the molecule is CCCc1ccc(-c2nc(CCC)nc(N)c2C)cc1. The van der Waals surface area contributed by atoms with Crippen molar-refractivity contribution >= 4 is 5.82 Å². The topological polar surface area (TPSA) is 51.8 Å². The number of nitrogens with two attached hydrogens (primary N) is 1. The molecule has 0 aliphatic heterocycles. The Kier molecular flexibility index (Phi) is 4.72. The van der Waals surface area contributed by atoms with Crippen molar-refractivity contribution in [3.05, 3.63) is 41.2 Å². The maximum absolute atomic E-state index is 6.02. The molecule has 20 heavy (non-hydrogen) atoms. The molecule has 1 aromatic heterocycles. The van der Waals surface area contributed by atoms with Crippen LogP contribution in [-0.2, 0) is 12.8 Å². The van der Waals surface area contributed by atoms with Crippen molar-refractivity contribution in [2.45, 2.75) is 46.5 Å². The van der Waals surface area contributed by atoms with Crippen LogP contribution in [0.15, 0.2) is 24.3 Å². The van der Waals surface area contributed by atoms with Crippen LogP contribution in [0.1, 0.15) is 43.6 Å². The lowest BCUT2D eigenvalue weighted by molar-refractivity contribution is 0.836. The molecule has 0 saturated heterocycles. The van der Waals surface area contributed by atoms with Gasteiger partial charge in [0.25, 0.3) is 0 Å². The third kappa shape index (κ3) is 3.16. The van der Waals surface area contributed by atoms with E-state index in [1.807, 2.05) is 6.92 Å². The number of anilines is 1. The summed E-state index contributed by atoms with van der Waals surface area (Å²) in [7, 11) is 0. The maximum atomic E-state index is 6.02. The quantitative estimate of drug-likeness (QED) is 0.894. The number of hydrogen-bond donors (Lipinski definition) is 1. The van der Waals surface area contributed by atoms with Crippen LogP contribution < -0.4 is 5.73 Å². The number of rotatable bonds is 5. The minimum absolute atomic E-state index is 0.594. The molecule has 3 heteroatoms. The molecule has 1 aromatic carbocycles. The number of benzene rings is 1. The van der Waals surface area contributed by atoms with Crippen molar-refractivity contribution < 1.29 is 0 Å². The van der Waals surface area contributed by atoms with Crippen molar-refractivity contribution in [1.29, 1.82) is 0 Å². The van der Waals surface area contributed by atoms with Gasteiger partial charge < -0.3 is 5.73 Å². The van der Waals surface area contributed by atoms with E-state index in [-0.39, 0.29) is 0 Å². The molecule has 0 aliphatic carbocycles. The van der Waals surface area contributed by atoms with Crippen molar-refractivity contribution in [3.8, 4) is 11.3 Å². The van der Waals surface area contributed by atoms with Gasteiger partial charge in [-0.2, -0.15) is 0 Å². The monoisotopic (exact) mass is 269 g/mol. The summed E-state index contributed by atoms with van der Waals surface area (Å²) in [6.07, 6.45) is 4.18. The van der Waals surface area contributed by atoms with Gasteiger partial charge in [0.2, 0.25) is 0 Å². The Labute approximate surface area is 121 Å². The molecule has 2 N–H and O–H groups in total. The van der Waals surface area contributed by atoms with Gasteiger partial charge in [0.1, 0.15) is 11.6 Å². The van der Waals surface area contributed by atoms with Gasteiger partial charge in [-0.15, -0.1) is 0 Å². The van der Waals surface area contributed by atoms with Crippen LogP contribution in [-0.4, -0.2) is 9.97 Å². The lowest BCUT2D eigenvalue weighted by Crippen LogP contribution is -2.04. The van der Waals surface area contributed by atoms with Gasteiger partial charge in [0, 0.05) is 17.5 Å². The molecule has 0 bridgehead atoms. The van der Waals surface area contributed by atoms with Crippen LogP contribution in [0.3, 0.4) is 0 Å². The lowest BCUT2D eigenvalue weighted by Gasteiger charge is -2.10. The van der Waals surface area contributed by atoms with Crippen LogP contribution in [0.5, 0.6) is 0 Å². The Morgan fingerprint density at radius 1 is 0.950 bits per heavy atom. The highest BCUT2D eigenvalue weighted by Gasteiger charge is 2.10. The summed E-state index contributed by atoms with van der Waals surface area (Å²) in [6.45, 7) is 6.30. The summed E-state index contributed by atoms with van der Waals surface area (Å²) in [6, 6.07) is 8.62. The predicted molar refractivity (Wildman–Crippen MR) is 84.6 cm³/mol. The Balaban J connectivity index is 2.40. The zero-order chi connectivity index (χ0) is 14.5. The van der Waals surface area contributed by atoms with E-state index in [2.05, 4.69) is 48.1 Å². The molecule has 0 aliphatic rings. The maximum Gasteiger partial charge on any atom is 0.131 e. The van der Waals surface area contributed by atoms with E-state index in [1.165, 1.54) is 12.0 Å². The average Bonchev–Trinajstić information content (AvgIpc) is 2.44. The Bertz CT molecular complexity index is 574. The van der Waals surface area contributed by atoms with Crippen molar-refractivity contribution in [1.82, 2.24) is 9.97 Å². The van der Waals surface area contributed by atoms with Crippen LogP contribution in [0.25, 0.3) is 11.3 Å². The van der Waals surface area contributed by atoms with Gasteiger partial charge in [0.15, 0.2) is 0 Å². The number of aromatic nitrogens is 2. The van der Waals surface area contributed by atoms with E-state index in [1.54, 1.807) is 0 Å². The Morgan fingerprint density at radius 2 is 1.60 bits per heavy atom. The number of aryl methyl sites for hydroxylation is 2. The van der Waals surface area contributed by atoms with Crippen LogP contribution in [0.2, 0.25) is 0 Å². The minimum Gasteiger partial charge on any atom is -0.383 e. The second-order valence-electron chi connectivity index (χ2n) is 5.20. The zero-order valence-electron chi connectivity index (χ0n) is 12.6. The highest BCUT2D eigenvalue weighted by molar-refractivity contribution is 5.67. The summed E-state index contributed by atoms with van der Waals surface area (Å²) < 4.78 is 0. The fourth-order valence-electron chi connectivity index (χ4n) is 2.32. The molecule has 0 unspecified atom stereocenters. The van der Waals surface area contributed by atoms with Crippen LogP contribution in [0.4, 0.5) is 5.82 Å². The third-order valence-electron chi connectivity index (χ3n) is 3.47. The predicted octanol–water partition coefficient (Wildman–Crippen LogP) is 3.94. The molecule has 0 fully saturated rings. The number of nitrogens with zero attached hydrogens (tertiary/aromatic N) is 2. The first-order chi connectivity index (χ1) is 9.65. The molecular weight excluding hydrogens is 246 g/mol. The molecule has 2 aromatic rings. The summed E-state index contributed by atoms with van der Waals surface area (Å²) in [4.78, 5) is 9.04. The van der Waals surface area contributed by atoms with Crippen molar-refractivity contribution in [2.75, 3.05) is 5.73 Å². The molecular formula is C17H23N3. The fourth-order valence-corrected chi connectivity index (χ4v) is 2.32. The largest absolute Gasteiger partial charge is 0.383 e. The Morgan fingerprint density at radius 3 is 2.20 bits per heavy atom. The normalized spacial score (nSPS) is 10.8. The summed E-state index contributed by atoms with van der Waals surface area (Å²) >= 11 is 0. The van der Waals surface area contributed by atoms with Crippen LogP contribution in [0, 0.1) is 6.92 Å². The van der Waals surface area contributed by atoms with Crippen LogP contribution >= 0.6 is 0 Å². The molecule has 3 nitrogen and oxygen atoms in total. The second-order valence-corrected chi connectivity index (χ2v) is 5.20. The van der Waals surface area contributed by atoms with E-state index in [0.717, 1.165) is 41.9 Å². The van der Waals surface area contributed by atoms with Gasteiger partial charge in [-0.25, -0.2) is 9.97 Å². The minimum atomic E-state index is 0.594. The first-order valence-electron chi connectivity index (χ1n) is 7.38. The highest BCUT2D eigenvalue weighted by atomic mass is 15.0. The van der Waals surface area contributed by atoms with Gasteiger partial charge >= 0.3 is 0 Å².